The van der Waals surface area contributed by atoms with Crippen LogP contribution in [0.25, 0.3) is 0 Å². The molecule has 1 aliphatic heterocycles. The second kappa shape index (κ2) is 4.86. The van der Waals surface area contributed by atoms with E-state index in [2.05, 4.69) is 4.74 Å². The smallest absolute Gasteiger partial charge is 0.412 e. The molecule has 0 radical (unpaired) electrons. The molecule has 1 aromatic rings. The van der Waals surface area contributed by atoms with Crippen LogP contribution < -0.4 is 0 Å². The van der Waals surface area contributed by atoms with E-state index in [0.29, 0.717) is 6.42 Å². The first kappa shape index (κ1) is 11.4. The van der Waals surface area contributed by atoms with Crippen LogP contribution in [-0.4, -0.2) is 36.8 Å². The van der Waals surface area contributed by atoms with Gasteiger partial charge in [0, 0.05) is 6.42 Å². The van der Waals surface area contributed by atoms with Crippen LogP contribution in [0, 0.1) is 0 Å². The number of methoxy groups -OCH3 is 1. The van der Waals surface area contributed by atoms with E-state index in [0.717, 1.165) is 5.56 Å². The van der Waals surface area contributed by atoms with Gasteiger partial charge < -0.3 is 9.47 Å². The minimum absolute atomic E-state index is 0.0387. The summed E-state index contributed by atoms with van der Waals surface area (Å²) < 4.78 is 9.46. The Kier molecular flexibility index (Phi) is 3.27. The minimum atomic E-state index is -0.593. The zero-order chi connectivity index (χ0) is 12.3. The van der Waals surface area contributed by atoms with E-state index >= 15 is 0 Å². The Morgan fingerprint density at radius 2 is 2.18 bits per heavy atom. The van der Waals surface area contributed by atoms with Crippen LogP contribution in [0.5, 0.6) is 0 Å². The Hall–Kier alpha value is -2.04. The molecule has 0 saturated carbocycles. The Balaban J connectivity index is 2.12. The molecule has 5 nitrogen and oxygen atoms in total. The molecule has 1 saturated heterocycles. The van der Waals surface area contributed by atoms with Crippen molar-refractivity contribution in [1.29, 1.82) is 0 Å². The van der Waals surface area contributed by atoms with Crippen molar-refractivity contribution in [3.05, 3.63) is 35.9 Å². The highest BCUT2D eigenvalue weighted by atomic mass is 16.6. The average Bonchev–Trinajstić information content (AvgIpc) is 2.72. The second-order valence-electron chi connectivity index (χ2n) is 3.74. The summed E-state index contributed by atoms with van der Waals surface area (Å²) >= 11 is 0. The lowest BCUT2D eigenvalue weighted by molar-refractivity contribution is -0.139. The van der Waals surface area contributed by atoms with Gasteiger partial charge in [0.2, 0.25) is 0 Å². The average molecular weight is 235 g/mol. The van der Waals surface area contributed by atoms with E-state index in [1.165, 1.54) is 12.0 Å². The summed E-state index contributed by atoms with van der Waals surface area (Å²) in [5, 5.41) is 0. The molecule has 5 heteroatoms. The first-order valence-electron chi connectivity index (χ1n) is 5.27. The number of carbonyl (C=O) groups excluding carboxylic acids is 2. The Morgan fingerprint density at radius 3 is 2.82 bits per heavy atom. The van der Waals surface area contributed by atoms with Crippen molar-refractivity contribution < 1.29 is 19.1 Å². The molecule has 1 fully saturated rings. The number of hydrogen-bond donors (Lipinski definition) is 0. The molecule has 0 unspecified atom stereocenters. The van der Waals surface area contributed by atoms with E-state index in [1.807, 2.05) is 30.3 Å². The number of carbonyl (C=O) groups is 2. The van der Waals surface area contributed by atoms with E-state index in [-0.39, 0.29) is 12.7 Å². The van der Waals surface area contributed by atoms with Crippen molar-refractivity contribution in [2.24, 2.45) is 0 Å². The SMILES string of the molecule is COC(=O)N1COC(=O)[C@@H]1Cc1ccccc1. The fourth-order valence-corrected chi connectivity index (χ4v) is 1.77. The van der Waals surface area contributed by atoms with Gasteiger partial charge in [0.25, 0.3) is 0 Å². The maximum Gasteiger partial charge on any atom is 0.412 e. The lowest BCUT2D eigenvalue weighted by Crippen LogP contribution is -2.39. The van der Waals surface area contributed by atoms with Gasteiger partial charge in [-0.2, -0.15) is 0 Å². The zero-order valence-electron chi connectivity index (χ0n) is 9.46. The standard InChI is InChI=1S/C12H13NO4/c1-16-12(15)13-8-17-11(14)10(13)7-9-5-3-2-4-6-9/h2-6,10H,7-8H2,1H3/t10-/m0/s1. The molecule has 1 aromatic carbocycles. The van der Waals surface area contributed by atoms with Gasteiger partial charge in [-0.1, -0.05) is 30.3 Å². The van der Waals surface area contributed by atoms with E-state index in [9.17, 15) is 9.59 Å². The third-order valence-corrected chi connectivity index (χ3v) is 2.68. The molecule has 90 valence electrons. The van der Waals surface area contributed by atoms with Gasteiger partial charge in [0.15, 0.2) is 6.73 Å². The van der Waals surface area contributed by atoms with Gasteiger partial charge in [-0.25, -0.2) is 9.59 Å². The van der Waals surface area contributed by atoms with Crippen LogP contribution in [0.15, 0.2) is 30.3 Å². The molecular weight excluding hydrogens is 222 g/mol. The monoisotopic (exact) mass is 235 g/mol. The normalized spacial score (nSPS) is 19.0. The van der Waals surface area contributed by atoms with Gasteiger partial charge >= 0.3 is 12.1 Å². The maximum atomic E-state index is 11.5. The number of esters is 1. The number of ether oxygens (including phenoxy) is 2. The molecule has 0 bridgehead atoms. The van der Waals surface area contributed by atoms with E-state index in [1.54, 1.807) is 0 Å². The van der Waals surface area contributed by atoms with Crippen LogP contribution in [0.3, 0.4) is 0 Å². The summed E-state index contributed by atoms with van der Waals surface area (Å²) in [5.41, 5.74) is 0.977. The van der Waals surface area contributed by atoms with Crippen molar-refractivity contribution in [3.63, 3.8) is 0 Å². The number of nitrogens with zero attached hydrogens (tertiary/aromatic N) is 1. The molecule has 1 heterocycles. The summed E-state index contributed by atoms with van der Waals surface area (Å²) in [4.78, 5) is 24.3. The quantitative estimate of drug-likeness (QED) is 0.722. The molecule has 0 N–H and O–H groups in total. The summed E-state index contributed by atoms with van der Waals surface area (Å²) in [6.07, 6.45) is -0.105. The Bertz CT molecular complexity index is 418. The molecule has 1 atom stereocenters. The molecule has 0 aromatic heterocycles. The van der Waals surface area contributed by atoms with Gasteiger partial charge in [0.1, 0.15) is 6.04 Å². The number of hydrogen-bond acceptors (Lipinski definition) is 4. The first-order valence-corrected chi connectivity index (χ1v) is 5.27. The molecule has 0 spiro atoms. The summed E-state index contributed by atoms with van der Waals surface area (Å²) in [6, 6.07) is 8.89. The largest absolute Gasteiger partial charge is 0.453 e. The van der Waals surface area contributed by atoms with Crippen LogP contribution in [0.2, 0.25) is 0 Å². The molecule has 2 rings (SSSR count). The van der Waals surface area contributed by atoms with Crippen LogP contribution in [0.4, 0.5) is 4.79 Å². The summed E-state index contributed by atoms with van der Waals surface area (Å²) in [5.74, 6) is -0.390. The van der Waals surface area contributed by atoms with Crippen molar-refractivity contribution in [2.45, 2.75) is 12.5 Å². The number of amides is 1. The van der Waals surface area contributed by atoms with Crippen molar-refractivity contribution in [3.8, 4) is 0 Å². The van der Waals surface area contributed by atoms with Crippen molar-refractivity contribution in [2.75, 3.05) is 13.8 Å². The summed E-state index contributed by atoms with van der Waals surface area (Å²) in [6.45, 7) is -0.0387. The van der Waals surface area contributed by atoms with Crippen LogP contribution in [0.1, 0.15) is 5.56 Å². The zero-order valence-corrected chi connectivity index (χ0v) is 9.46. The van der Waals surface area contributed by atoms with Gasteiger partial charge in [-0.05, 0) is 5.56 Å². The van der Waals surface area contributed by atoms with Crippen LogP contribution >= 0.6 is 0 Å². The highest BCUT2D eigenvalue weighted by Crippen LogP contribution is 2.17. The molecule has 1 amide bonds. The Labute approximate surface area is 98.9 Å². The topological polar surface area (TPSA) is 55.8 Å². The number of rotatable bonds is 2. The van der Waals surface area contributed by atoms with Gasteiger partial charge in [0.05, 0.1) is 7.11 Å². The molecular formula is C12H13NO4. The second-order valence-corrected chi connectivity index (χ2v) is 3.74. The molecule has 1 aliphatic rings. The number of benzene rings is 1. The first-order chi connectivity index (χ1) is 8.22. The summed E-state index contributed by atoms with van der Waals surface area (Å²) in [7, 11) is 1.28. The molecule has 0 aliphatic carbocycles. The highest BCUT2D eigenvalue weighted by molar-refractivity contribution is 5.84. The third kappa shape index (κ3) is 2.38. The van der Waals surface area contributed by atoms with Gasteiger partial charge in [-0.3, -0.25) is 4.90 Å². The minimum Gasteiger partial charge on any atom is -0.453 e. The van der Waals surface area contributed by atoms with Crippen molar-refractivity contribution in [1.82, 2.24) is 4.90 Å². The predicted octanol–water partition coefficient (Wildman–Crippen LogP) is 1.18. The Morgan fingerprint density at radius 1 is 1.47 bits per heavy atom. The van der Waals surface area contributed by atoms with Crippen molar-refractivity contribution >= 4 is 12.1 Å². The maximum absolute atomic E-state index is 11.5. The van der Waals surface area contributed by atoms with E-state index in [4.69, 9.17) is 4.74 Å². The lowest BCUT2D eigenvalue weighted by atomic mass is 10.1. The predicted molar refractivity (Wildman–Crippen MR) is 59.1 cm³/mol. The lowest BCUT2D eigenvalue weighted by Gasteiger charge is -2.18. The number of cyclic esters (lactones) is 1. The molecule has 17 heavy (non-hydrogen) atoms. The fourth-order valence-electron chi connectivity index (χ4n) is 1.77. The van der Waals surface area contributed by atoms with E-state index < -0.39 is 12.1 Å². The fraction of sp³-hybridized carbons (Fsp3) is 0.333. The van der Waals surface area contributed by atoms with Crippen LogP contribution in [-0.2, 0) is 20.7 Å². The van der Waals surface area contributed by atoms with Gasteiger partial charge in [-0.15, -0.1) is 0 Å². The highest BCUT2D eigenvalue weighted by Gasteiger charge is 2.38. The third-order valence-electron chi connectivity index (χ3n) is 2.68.